The van der Waals surface area contributed by atoms with Crippen molar-refractivity contribution in [2.24, 2.45) is 5.11 Å². The molecule has 7 heterocycles. The standard InChI is InChI=1S/C45H88N10/c1-3-5-7-9-11-13-15-17-19-24-28-52-30-36-54(37-31-52,38-32-52)42-44-45(51(50-48-44)27-23-21-22-26-47-49-46)43-55-39-33-53(34-40-55,35-41-55)29-25-20-18-16-14-12-10-8-6-4-2/h3-43H2,1-2H3/q+4. The number of azide groups is 1. The van der Waals surface area contributed by atoms with E-state index in [0.717, 1.165) is 38.9 Å². The highest BCUT2D eigenvalue weighted by atomic mass is 15.6. The number of piperazine rings is 6. The van der Waals surface area contributed by atoms with Gasteiger partial charge in [0.25, 0.3) is 0 Å². The van der Waals surface area contributed by atoms with E-state index in [0.29, 0.717) is 6.54 Å². The third kappa shape index (κ3) is 14.0. The lowest BCUT2D eigenvalue weighted by atomic mass is 10.0. The zero-order chi connectivity index (χ0) is 38.6. The van der Waals surface area contributed by atoms with Crippen LogP contribution in [0.4, 0.5) is 0 Å². The van der Waals surface area contributed by atoms with Crippen LogP contribution in [-0.2, 0) is 19.6 Å². The molecule has 0 aromatic carbocycles. The fourth-order valence-electron chi connectivity index (χ4n) is 11.0. The second-order valence-electron chi connectivity index (χ2n) is 19.4. The monoisotopic (exact) mass is 769 g/mol. The molecule has 0 amide bonds. The molecule has 55 heavy (non-hydrogen) atoms. The Kier molecular flexibility index (Phi) is 19.1. The van der Waals surface area contributed by atoms with Gasteiger partial charge in [0.2, 0.25) is 0 Å². The summed E-state index contributed by atoms with van der Waals surface area (Å²) < 4.78 is 7.61. The minimum Gasteiger partial charge on any atom is -0.310 e. The molecule has 4 bridgehead atoms. The zero-order valence-electron chi connectivity index (χ0n) is 36.5. The van der Waals surface area contributed by atoms with E-state index in [1.54, 1.807) is 0 Å². The lowest BCUT2D eigenvalue weighted by molar-refractivity contribution is -1.09. The summed E-state index contributed by atoms with van der Waals surface area (Å²) in [4.78, 5) is 2.95. The van der Waals surface area contributed by atoms with Crippen molar-refractivity contribution >= 4 is 0 Å². The Labute approximate surface area is 338 Å². The topological polar surface area (TPSA) is 79.5 Å². The molecule has 0 saturated carbocycles. The number of quaternary nitrogens is 4. The Morgan fingerprint density at radius 1 is 0.491 bits per heavy atom. The van der Waals surface area contributed by atoms with Crippen LogP contribution in [0.3, 0.4) is 0 Å². The number of rotatable bonds is 32. The predicted octanol–water partition coefficient (Wildman–Crippen LogP) is 9.92. The van der Waals surface area contributed by atoms with Crippen molar-refractivity contribution in [2.45, 2.75) is 181 Å². The van der Waals surface area contributed by atoms with Gasteiger partial charge in [-0.25, -0.2) is 4.68 Å². The second kappa shape index (κ2) is 23.6. The molecule has 1 aromatic heterocycles. The quantitative estimate of drug-likeness (QED) is 0.0241. The summed E-state index contributed by atoms with van der Waals surface area (Å²) in [6.07, 6.45) is 31.7. The minimum atomic E-state index is 0.601. The summed E-state index contributed by atoms with van der Waals surface area (Å²) in [5, 5.41) is 13.7. The van der Waals surface area contributed by atoms with Crippen molar-refractivity contribution in [3.8, 4) is 0 Å². The van der Waals surface area contributed by atoms with Crippen molar-refractivity contribution in [2.75, 3.05) is 98.2 Å². The molecule has 10 nitrogen and oxygen atoms in total. The highest BCUT2D eigenvalue weighted by Gasteiger charge is 2.51. The molecule has 1 aromatic rings. The van der Waals surface area contributed by atoms with Crippen LogP contribution < -0.4 is 0 Å². The van der Waals surface area contributed by atoms with Gasteiger partial charge in [0, 0.05) is 18.0 Å². The van der Waals surface area contributed by atoms with E-state index in [1.165, 1.54) is 249 Å². The van der Waals surface area contributed by atoms with E-state index in [2.05, 4.69) is 28.6 Å². The Bertz CT molecular complexity index is 1210. The van der Waals surface area contributed by atoms with Crippen molar-refractivity contribution in [3.05, 3.63) is 21.8 Å². The van der Waals surface area contributed by atoms with Gasteiger partial charge >= 0.3 is 0 Å². The number of hydrogen-bond acceptors (Lipinski definition) is 3. The number of hydrogen-bond donors (Lipinski definition) is 0. The van der Waals surface area contributed by atoms with E-state index in [9.17, 15) is 0 Å². The average molecular weight is 769 g/mol. The van der Waals surface area contributed by atoms with Crippen LogP contribution >= 0.6 is 0 Å². The van der Waals surface area contributed by atoms with E-state index in [-0.39, 0.29) is 0 Å². The molecule has 0 spiro atoms. The predicted molar refractivity (Wildman–Crippen MR) is 228 cm³/mol. The van der Waals surface area contributed by atoms with Crippen molar-refractivity contribution in [1.29, 1.82) is 0 Å². The van der Waals surface area contributed by atoms with Gasteiger partial charge in [-0.2, -0.15) is 0 Å². The van der Waals surface area contributed by atoms with Crippen molar-refractivity contribution in [3.63, 3.8) is 0 Å². The second-order valence-corrected chi connectivity index (χ2v) is 19.4. The average Bonchev–Trinajstić information content (AvgIpc) is 3.58. The van der Waals surface area contributed by atoms with E-state index in [4.69, 9.17) is 15.8 Å². The van der Waals surface area contributed by atoms with Crippen LogP contribution in [0.15, 0.2) is 5.11 Å². The lowest BCUT2D eigenvalue weighted by Gasteiger charge is -2.56. The SMILES string of the molecule is CCCCCCCCCCCC[N+]12CC[N+](Cc3nnn(CCCCCN=[N+]=[N-])c3C[N+]34CC[N+](CCCCCCCCCCCC)(CC3)CC4)(CC1)CC2. The summed E-state index contributed by atoms with van der Waals surface area (Å²) in [5.41, 5.74) is 11.5. The van der Waals surface area contributed by atoms with Gasteiger partial charge in [-0.3, -0.25) is 0 Å². The summed E-state index contributed by atoms with van der Waals surface area (Å²) in [6.45, 7) is 27.4. The van der Waals surface area contributed by atoms with Crippen LogP contribution in [0.5, 0.6) is 0 Å². The van der Waals surface area contributed by atoms with Crippen LogP contribution in [0.2, 0.25) is 0 Å². The first kappa shape index (κ1) is 44.4. The van der Waals surface area contributed by atoms with Crippen LogP contribution in [0, 0.1) is 0 Å². The molecule has 0 aliphatic carbocycles. The number of aryl methyl sites for hydroxylation is 1. The smallest absolute Gasteiger partial charge is 0.146 e. The highest BCUT2D eigenvalue weighted by Crippen LogP contribution is 2.33. The van der Waals surface area contributed by atoms with E-state index < -0.39 is 0 Å². The normalized spacial score (nSPS) is 27.2. The Balaban J connectivity index is 1.08. The Morgan fingerprint density at radius 3 is 1.31 bits per heavy atom. The van der Waals surface area contributed by atoms with Crippen LogP contribution in [-0.4, -0.2) is 131 Å². The van der Waals surface area contributed by atoms with Gasteiger partial charge in [0.15, 0.2) is 0 Å². The number of unbranched alkanes of at least 4 members (excludes halogenated alkanes) is 20. The molecule has 0 unspecified atom stereocenters. The summed E-state index contributed by atoms with van der Waals surface area (Å²) >= 11 is 0. The first-order valence-corrected chi connectivity index (χ1v) is 24.3. The fraction of sp³-hybridized carbons (Fsp3) is 0.956. The summed E-state index contributed by atoms with van der Waals surface area (Å²) in [5.74, 6) is 0. The third-order valence-corrected chi connectivity index (χ3v) is 15.3. The van der Waals surface area contributed by atoms with Gasteiger partial charge in [-0.05, 0) is 44.1 Å². The molecule has 6 fully saturated rings. The maximum Gasteiger partial charge on any atom is 0.146 e. The molecule has 0 N–H and O–H groups in total. The number of fused-ring (bicyclic) bond motifs is 6. The van der Waals surface area contributed by atoms with Gasteiger partial charge in [-0.15, -0.1) is 5.10 Å². The summed E-state index contributed by atoms with van der Waals surface area (Å²) in [7, 11) is 0. The molecule has 6 aliphatic rings. The van der Waals surface area contributed by atoms with Gasteiger partial charge < -0.3 is 17.9 Å². The maximum atomic E-state index is 8.70. The van der Waals surface area contributed by atoms with Crippen molar-refractivity contribution < 1.29 is 17.9 Å². The molecule has 0 radical (unpaired) electrons. The zero-order valence-corrected chi connectivity index (χ0v) is 36.5. The van der Waals surface area contributed by atoms with Gasteiger partial charge in [0.1, 0.15) is 103 Å². The van der Waals surface area contributed by atoms with E-state index in [1.807, 2.05) is 0 Å². The van der Waals surface area contributed by atoms with Gasteiger partial charge in [-0.1, -0.05) is 133 Å². The molecule has 314 valence electrons. The fourth-order valence-corrected chi connectivity index (χ4v) is 11.0. The van der Waals surface area contributed by atoms with Gasteiger partial charge in [0.05, 0.1) is 13.1 Å². The van der Waals surface area contributed by atoms with Crippen LogP contribution in [0.1, 0.15) is 173 Å². The molecule has 7 rings (SSSR count). The molecule has 6 saturated heterocycles. The van der Waals surface area contributed by atoms with Crippen molar-refractivity contribution in [1.82, 2.24) is 15.0 Å². The first-order chi connectivity index (χ1) is 27.0. The first-order valence-electron chi connectivity index (χ1n) is 24.3. The molecule has 10 heteroatoms. The molecule has 6 aliphatic heterocycles. The van der Waals surface area contributed by atoms with Crippen LogP contribution in [0.25, 0.3) is 10.4 Å². The maximum absolute atomic E-state index is 8.70. The third-order valence-electron chi connectivity index (χ3n) is 15.3. The number of aromatic nitrogens is 3. The Hall–Kier alpha value is -1.71. The molecule has 0 atom stereocenters. The number of nitrogens with zero attached hydrogens (tertiary/aromatic N) is 10. The molecular weight excluding hydrogens is 681 g/mol. The summed E-state index contributed by atoms with van der Waals surface area (Å²) in [6, 6.07) is 0. The molecular formula is C45H88N10+4. The highest BCUT2D eigenvalue weighted by molar-refractivity contribution is 5.09. The Morgan fingerprint density at radius 2 is 0.873 bits per heavy atom. The largest absolute Gasteiger partial charge is 0.310 e. The minimum absolute atomic E-state index is 0.601. The van der Waals surface area contributed by atoms with E-state index >= 15 is 0 Å². The lowest BCUT2D eigenvalue weighted by Crippen LogP contribution is -2.75.